The molecule has 0 fully saturated rings. The van der Waals surface area contributed by atoms with E-state index in [1.165, 1.54) is 5.69 Å². The second-order valence-electron chi connectivity index (χ2n) is 3.87. The van der Waals surface area contributed by atoms with Crippen LogP contribution in [0.5, 0.6) is 0 Å². The van der Waals surface area contributed by atoms with Gasteiger partial charge in [0.2, 0.25) is 0 Å². The third-order valence-electron chi connectivity index (χ3n) is 2.81. The third-order valence-corrected chi connectivity index (χ3v) is 2.81. The van der Waals surface area contributed by atoms with E-state index < -0.39 is 0 Å². The van der Waals surface area contributed by atoms with E-state index in [2.05, 4.69) is 33.2 Å². The van der Waals surface area contributed by atoms with Crippen LogP contribution in [0.15, 0.2) is 23.0 Å². The SMILES string of the molecule is CNC(C)c1cccn1Cc1nonc1C. The molecule has 1 atom stereocenters. The van der Waals surface area contributed by atoms with Gasteiger partial charge in [0, 0.05) is 17.9 Å². The highest BCUT2D eigenvalue weighted by atomic mass is 16.6. The van der Waals surface area contributed by atoms with E-state index in [1.807, 2.05) is 26.2 Å². The molecular formula is C11H16N4O. The third kappa shape index (κ3) is 1.99. The van der Waals surface area contributed by atoms with Gasteiger partial charge in [-0.2, -0.15) is 0 Å². The van der Waals surface area contributed by atoms with Gasteiger partial charge in [0.15, 0.2) is 0 Å². The van der Waals surface area contributed by atoms with Crippen molar-refractivity contribution in [2.45, 2.75) is 26.4 Å². The monoisotopic (exact) mass is 220 g/mol. The van der Waals surface area contributed by atoms with Gasteiger partial charge in [0.1, 0.15) is 11.4 Å². The Morgan fingerprint density at radius 3 is 2.94 bits per heavy atom. The van der Waals surface area contributed by atoms with Crippen LogP contribution in [-0.2, 0) is 6.54 Å². The first-order chi connectivity index (χ1) is 7.72. The van der Waals surface area contributed by atoms with E-state index in [4.69, 9.17) is 4.63 Å². The van der Waals surface area contributed by atoms with E-state index in [0.717, 1.165) is 11.4 Å². The summed E-state index contributed by atoms with van der Waals surface area (Å²) >= 11 is 0. The Labute approximate surface area is 94.4 Å². The summed E-state index contributed by atoms with van der Waals surface area (Å²) in [4.78, 5) is 0. The summed E-state index contributed by atoms with van der Waals surface area (Å²) in [6, 6.07) is 4.45. The van der Waals surface area contributed by atoms with Gasteiger partial charge in [-0.3, -0.25) is 0 Å². The van der Waals surface area contributed by atoms with E-state index >= 15 is 0 Å². The van der Waals surface area contributed by atoms with Crippen molar-refractivity contribution >= 4 is 0 Å². The zero-order chi connectivity index (χ0) is 11.5. The number of nitrogens with zero attached hydrogens (tertiary/aromatic N) is 3. The van der Waals surface area contributed by atoms with Crippen LogP contribution in [0.1, 0.15) is 30.0 Å². The minimum Gasteiger partial charge on any atom is -0.344 e. The Bertz CT molecular complexity index is 460. The fourth-order valence-corrected chi connectivity index (χ4v) is 1.67. The number of hydrogen-bond donors (Lipinski definition) is 1. The molecule has 0 amide bonds. The molecule has 0 aliphatic heterocycles. The molecule has 1 N–H and O–H groups in total. The first-order valence-corrected chi connectivity index (χ1v) is 5.32. The Morgan fingerprint density at radius 1 is 1.50 bits per heavy atom. The summed E-state index contributed by atoms with van der Waals surface area (Å²) in [5.41, 5.74) is 2.95. The van der Waals surface area contributed by atoms with Crippen LogP contribution in [0.4, 0.5) is 0 Å². The molecular weight excluding hydrogens is 204 g/mol. The largest absolute Gasteiger partial charge is 0.344 e. The predicted molar refractivity (Wildman–Crippen MR) is 60.0 cm³/mol. The molecule has 0 aliphatic carbocycles. The Morgan fingerprint density at radius 2 is 2.31 bits per heavy atom. The van der Waals surface area contributed by atoms with Crippen molar-refractivity contribution in [3.05, 3.63) is 35.4 Å². The van der Waals surface area contributed by atoms with Crippen molar-refractivity contribution in [1.82, 2.24) is 20.2 Å². The van der Waals surface area contributed by atoms with Crippen molar-refractivity contribution in [2.75, 3.05) is 7.05 Å². The lowest BCUT2D eigenvalue weighted by Crippen LogP contribution is -2.17. The number of nitrogens with one attached hydrogen (secondary N) is 1. The molecule has 0 bridgehead atoms. The average Bonchev–Trinajstić information content (AvgIpc) is 2.88. The van der Waals surface area contributed by atoms with Crippen molar-refractivity contribution in [2.24, 2.45) is 0 Å². The molecule has 0 radical (unpaired) electrons. The van der Waals surface area contributed by atoms with Gasteiger partial charge in [-0.25, -0.2) is 4.63 Å². The van der Waals surface area contributed by atoms with Crippen LogP contribution in [0.25, 0.3) is 0 Å². The summed E-state index contributed by atoms with van der Waals surface area (Å²) in [6.07, 6.45) is 2.04. The lowest BCUT2D eigenvalue weighted by atomic mass is 10.2. The van der Waals surface area contributed by atoms with Crippen molar-refractivity contribution in [3.8, 4) is 0 Å². The standard InChI is InChI=1S/C11H16N4O/c1-8-10(14-16-13-8)7-15-6-4-5-11(15)9(2)12-3/h4-6,9,12H,7H2,1-3H3. The van der Waals surface area contributed by atoms with Gasteiger partial charge in [-0.1, -0.05) is 10.3 Å². The lowest BCUT2D eigenvalue weighted by Gasteiger charge is -2.13. The summed E-state index contributed by atoms with van der Waals surface area (Å²) < 4.78 is 6.84. The molecule has 2 aromatic heterocycles. The molecule has 5 heteroatoms. The van der Waals surface area contributed by atoms with Crippen molar-refractivity contribution < 1.29 is 4.63 Å². The highest BCUT2D eigenvalue weighted by molar-refractivity contribution is 5.15. The fourth-order valence-electron chi connectivity index (χ4n) is 1.67. The lowest BCUT2D eigenvalue weighted by molar-refractivity contribution is 0.300. The second kappa shape index (κ2) is 4.49. The Balaban J connectivity index is 2.22. The van der Waals surface area contributed by atoms with Crippen LogP contribution in [0, 0.1) is 6.92 Å². The summed E-state index contributed by atoms with van der Waals surface area (Å²) in [5, 5.41) is 10.9. The maximum absolute atomic E-state index is 4.69. The normalized spacial score (nSPS) is 12.9. The number of hydrogen-bond acceptors (Lipinski definition) is 4. The first kappa shape index (κ1) is 10.9. The van der Waals surface area contributed by atoms with Crippen LogP contribution in [0.2, 0.25) is 0 Å². The second-order valence-corrected chi connectivity index (χ2v) is 3.87. The van der Waals surface area contributed by atoms with Gasteiger partial charge in [0.25, 0.3) is 0 Å². The molecule has 1 unspecified atom stereocenters. The zero-order valence-corrected chi connectivity index (χ0v) is 9.77. The van der Waals surface area contributed by atoms with Crippen LogP contribution in [-0.4, -0.2) is 21.9 Å². The minimum absolute atomic E-state index is 0.315. The molecule has 0 aromatic carbocycles. The van der Waals surface area contributed by atoms with Crippen molar-refractivity contribution in [1.29, 1.82) is 0 Å². The molecule has 0 aliphatic rings. The first-order valence-electron chi connectivity index (χ1n) is 5.32. The highest BCUT2D eigenvalue weighted by Crippen LogP contribution is 2.15. The molecule has 0 saturated heterocycles. The van der Waals surface area contributed by atoms with Crippen molar-refractivity contribution in [3.63, 3.8) is 0 Å². The molecule has 5 nitrogen and oxygen atoms in total. The maximum Gasteiger partial charge on any atom is 0.127 e. The van der Waals surface area contributed by atoms with Gasteiger partial charge >= 0.3 is 0 Å². The van der Waals surface area contributed by atoms with E-state index in [-0.39, 0.29) is 0 Å². The molecule has 2 aromatic rings. The van der Waals surface area contributed by atoms with Gasteiger partial charge in [0.05, 0.1) is 6.54 Å². The Kier molecular flexibility index (Phi) is 3.05. The van der Waals surface area contributed by atoms with Gasteiger partial charge < -0.3 is 9.88 Å². The molecule has 2 heterocycles. The van der Waals surface area contributed by atoms with Crippen LogP contribution < -0.4 is 5.32 Å². The van der Waals surface area contributed by atoms with E-state index in [9.17, 15) is 0 Å². The smallest absolute Gasteiger partial charge is 0.127 e. The summed E-state index contributed by atoms with van der Waals surface area (Å²) in [7, 11) is 1.95. The van der Waals surface area contributed by atoms with E-state index in [0.29, 0.717) is 12.6 Å². The molecule has 86 valence electrons. The quantitative estimate of drug-likeness (QED) is 0.848. The maximum atomic E-state index is 4.69. The molecule has 0 saturated carbocycles. The predicted octanol–water partition coefficient (Wildman–Crippen LogP) is 1.51. The summed E-state index contributed by atoms with van der Waals surface area (Å²) in [6.45, 7) is 4.72. The highest BCUT2D eigenvalue weighted by Gasteiger charge is 2.11. The topological polar surface area (TPSA) is 55.9 Å². The van der Waals surface area contributed by atoms with E-state index in [1.54, 1.807) is 0 Å². The number of aryl methyl sites for hydroxylation is 1. The number of aromatic nitrogens is 3. The molecule has 16 heavy (non-hydrogen) atoms. The minimum atomic E-state index is 0.315. The van der Waals surface area contributed by atoms with Crippen LogP contribution in [0.3, 0.4) is 0 Å². The summed E-state index contributed by atoms with van der Waals surface area (Å²) in [5.74, 6) is 0. The van der Waals surface area contributed by atoms with Crippen LogP contribution >= 0.6 is 0 Å². The average molecular weight is 220 g/mol. The number of rotatable bonds is 4. The fraction of sp³-hybridized carbons (Fsp3) is 0.455. The van der Waals surface area contributed by atoms with Gasteiger partial charge in [-0.05, 0) is 33.0 Å². The molecule has 0 spiro atoms. The Hall–Kier alpha value is -1.62. The van der Waals surface area contributed by atoms with Gasteiger partial charge in [-0.15, -0.1) is 0 Å². The molecule has 2 rings (SSSR count). The zero-order valence-electron chi connectivity index (χ0n) is 9.77.